The van der Waals surface area contributed by atoms with Gasteiger partial charge in [0.15, 0.2) is 34.9 Å². The minimum atomic E-state index is 0.611. The maximum Gasteiger partial charge on any atom is 0.164 e. The van der Waals surface area contributed by atoms with Crippen molar-refractivity contribution >= 4 is 53.9 Å². The topological polar surface area (TPSA) is 116 Å². The Labute approximate surface area is 563 Å². The lowest BCUT2D eigenvalue weighted by atomic mass is 9.93. The molecule has 17 aromatic rings. The first kappa shape index (κ1) is 58.9. The average molecular weight is 1270 g/mol. The van der Waals surface area contributed by atoms with Gasteiger partial charge in [0.2, 0.25) is 0 Å². The quantitative estimate of drug-likeness (QED) is 0.118. The largest absolute Gasteiger partial charge is 0.258 e. The third kappa shape index (κ3) is 12.4. The van der Waals surface area contributed by atoms with Crippen LogP contribution in [0.25, 0.3) is 165 Å². The van der Waals surface area contributed by atoms with E-state index in [1.54, 1.807) is 22.7 Å². The Bertz CT molecular complexity index is 5550. The van der Waals surface area contributed by atoms with E-state index in [-0.39, 0.29) is 0 Å². The molecule has 0 N–H and O–H groups in total. The van der Waals surface area contributed by atoms with Crippen molar-refractivity contribution in [3.05, 3.63) is 321 Å². The number of pyridine rings is 1. The number of fused-ring (bicyclic) bond motifs is 3. The Morgan fingerprint density at radius 3 is 0.979 bits per heavy atom. The smallest absolute Gasteiger partial charge is 0.164 e. The summed E-state index contributed by atoms with van der Waals surface area (Å²) in [6.45, 7) is 4.08. The second-order valence-electron chi connectivity index (χ2n) is 23.4. The van der Waals surface area contributed by atoms with Crippen LogP contribution in [0.15, 0.2) is 309 Å². The molecule has 12 aromatic carbocycles. The molecule has 0 spiro atoms. The summed E-state index contributed by atoms with van der Waals surface area (Å²) in [5, 5.41) is 4.42. The van der Waals surface area contributed by atoms with Gasteiger partial charge in [0.1, 0.15) is 10.0 Å². The van der Waals surface area contributed by atoms with Crippen molar-refractivity contribution in [3.8, 4) is 134 Å². The second-order valence-corrected chi connectivity index (χ2v) is 25.5. The van der Waals surface area contributed by atoms with Gasteiger partial charge in [0.05, 0.1) is 20.4 Å². The molecule has 17 rings (SSSR count). The summed E-state index contributed by atoms with van der Waals surface area (Å²) in [5.74, 6) is 3.77. The van der Waals surface area contributed by atoms with Crippen LogP contribution in [0.4, 0.5) is 0 Å². The van der Waals surface area contributed by atoms with Crippen LogP contribution in [0.3, 0.4) is 0 Å². The average Bonchev–Trinajstić information content (AvgIpc) is 1.18. The lowest BCUT2D eigenvalue weighted by molar-refractivity contribution is 1.07. The molecule has 0 saturated carbocycles. The zero-order chi connectivity index (χ0) is 64.3. The van der Waals surface area contributed by atoms with Gasteiger partial charge in [-0.15, -0.1) is 22.7 Å². The van der Waals surface area contributed by atoms with Crippen LogP contribution in [-0.2, 0) is 0 Å². The van der Waals surface area contributed by atoms with Crippen LogP contribution >= 0.6 is 22.7 Å². The van der Waals surface area contributed by atoms with Gasteiger partial charge < -0.3 is 0 Å². The third-order valence-electron chi connectivity index (χ3n) is 16.9. The SMILES string of the molecule is Cc1ccc(-c2cc(-c3ccc4sc(-c5ccccc5)nc4c3)cc(-c3nc(-c4ccccc4)nc(-c4ccccc4)n3)c2)c(C)n1.c1ccc(-c2nc(-c3ccccc3)nc(-c3cc(-c4ccc5sc(-c6ccccc6)nc5c4)cc(-c4cccc5ccccc45)c3)n2)cc1. The number of nitrogens with zero attached hydrogens (tertiary/aromatic N) is 9. The predicted octanol–water partition coefficient (Wildman–Crippen LogP) is 22.1. The highest BCUT2D eigenvalue weighted by Gasteiger charge is 2.20. The van der Waals surface area contributed by atoms with Gasteiger partial charge in [0, 0.05) is 61.5 Å². The normalized spacial score (nSPS) is 11.2. The van der Waals surface area contributed by atoms with E-state index in [1.165, 1.54) is 10.8 Å². The summed E-state index contributed by atoms with van der Waals surface area (Å²) in [6.07, 6.45) is 0. The summed E-state index contributed by atoms with van der Waals surface area (Å²) in [6, 6.07) is 107. The van der Waals surface area contributed by atoms with E-state index in [1.807, 2.05) is 140 Å². The van der Waals surface area contributed by atoms with E-state index in [0.29, 0.717) is 34.9 Å². The Hall–Kier alpha value is -12.2. The molecule has 0 atom stereocenters. The molecule has 9 nitrogen and oxygen atoms in total. The van der Waals surface area contributed by atoms with Crippen LogP contribution in [0.1, 0.15) is 11.4 Å². The Morgan fingerprint density at radius 2 is 0.562 bits per heavy atom. The van der Waals surface area contributed by atoms with Crippen molar-refractivity contribution in [2.45, 2.75) is 13.8 Å². The van der Waals surface area contributed by atoms with Gasteiger partial charge in [0.25, 0.3) is 0 Å². The maximum absolute atomic E-state index is 5.09. The first-order valence-corrected chi connectivity index (χ1v) is 33.4. The van der Waals surface area contributed by atoms with Crippen LogP contribution in [0.5, 0.6) is 0 Å². The van der Waals surface area contributed by atoms with Crippen LogP contribution in [0, 0.1) is 13.8 Å². The Kier molecular flexibility index (Phi) is 16.0. The van der Waals surface area contributed by atoms with Gasteiger partial charge in [-0.25, -0.2) is 39.9 Å². The lowest BCUT2D eigenvalue weighted by Crippen LogP contribution is -2.00. The molecular weight excluding hydrogens is 1210 g/mol. The van der Waals surface area contributed by atoms with Crippen molar-refractivity contribution in [1.82, 2.24) is 44.9 Å². The zero-order valence-corrected chi connectivity index (χ0v) is 53.9. The molecule has 454 valence electrons. The second kappa shape index (κ2) is 26.1. The first-order valence-electron chi connectivity index (χ1n) is 31.7. The number of aryl methyl sites for hydroxylation is 2. The van der Waals surface area contributed by atoms with Gasteiger partial charge in [-0.1, -0.05) is 243 Å². The third-order valence-corrected chi connectivity index (χ3v) is 19.1. The molecule has 0 bridgehead atoms. The predicted molar refractivity (Wildman–Crippen MR) is 396 cm³/mol. The Balaban J connectivity index is 0.000000151. The standard InChI is InChI=1S/C44H28N4S.C41H29N5S/c1-4-14-30(15-5-1)41-46-42(31-16-6-2-7-17-31)48-43(47-41)36-26-34(25-35(27-36)38-22-12-20-29-13-10-11-21-37(29)38)33-23-24-40-39(28-33)45-44(49-40)32-18-8-3-9-19-32;1-26-18-20-35(27(2)42-26)33-22-32(31-19-21-37-36(25-31)43-41(47-37)30-16-10-5-11-17-30)23-34(24-33)40-45-38(28-12-6-3-7-13-28)44-39(46-40)29-14-8-4-9-15-29/h1-28H;3-25H,1-2H3. The fraction of sp³-hybridized carbons (Fsp3) is 0.0235. The van der Waals surface area contributed by atoms with E-state index in [4.69, 9.17) is 44.9 Å². The molecular formula is C85H57N9S2. The molecule has 0 amide bonds. The molecule has 5 heterocycles. The van der Waals surface area contributed by atoms with E-state index in [9.17, 15) is 0 Å². The molecule has 0 fully saturated rings. The van der Waals surface area contributed by atoms with E-state index >= 15 is 0 Å². The van der Waals surface area contributed by atoms with E-state index < -0.39 is 0 Å². The Morgan fingerprint density at radius 1 is 0.219 bits per heavy atom. The number of hydrogen-bond donors (Lipinski definition) is 0. The molecule has 0 aliphatic heterocycles. The van der Waals surface area contributed by atoms with E-state index in [0.717, 1.165) is 131 Å². The fourth-order valence-electron chi connectivity index (χ4n) is 12.1. The number of hydrogen-bond acceptors (Lipinski definition) is 11. The van der Waals surface area contributed by atoms with Crippen LogP contribution < -0.4 is 0 Å². The molecule has 0 radical (unpaired) electrons. The molecule has 5 aromatic heterocycles. The molecule has 0 unspecified atom stereocenters. The summed E-state index contributed by atoms with van der Waals surface area (Å²) in [7, 11) is 0. The van der Waals surface area contributed by atoms with Crippen molar-refractivity contribution in [2.75, 3.05) is 0 Å². The minimum Gasteiger partial charge on any atom is -0.258 e. The maximum atomic E-state index is 5.09. The zero-order valence-electron chi connectivity index (χ0n) is 52.3. The fourth-order valence-corrected chi connectivity index (χ4v) is 14.0. The van der Waals surface area contributed by atoms with Gasteiger partial charge in [-0.2, -0.15) is 0 Å². The van der Waals surface area contributed by atoms with Gasteiger partial charge >= 0.3 is 0 Å². The molecule has 0 aliphatic carbocycles. The summed E-state index contributed by atoms with van der Waals surface area (Å²) < 4.78 is 2.31. The number of thiazole rings is 2. The van der Waals surface area contributed by atoms with E-state index in [2.05, 4.69) is 183 Å². The highest BCUT2D eigenvalue weighted by molar-refractivity contribution is 7.22. The minimum absolute atomic E-state index is 0.611. The monoisotopic (exact) mass is 1270 g/mol. The molecule has 0 aliphatic rings. The van der Waals surface area contributed by atoms with Crippen LogP contribution in [0.2, 0.25) is 0 Å². The highest BCUT2D eigenvalue weighted by atomic mass is 32.1. The first-order chi connectivity index (χ1) is 47.3. The molecule has 96 heavy (non-hydrogen) atoms. The number of benzene rings is 12. The molecule has 11 heteroatoms. The van der Waals surface area contributed by atoms with Gasteiger partial charge in [-0.05, 0) is 130 Å². The summed E-state index contributed by atoms with van der Waals surface area (Å²) in [5.41, 5.74) is 20.4. The summed E-state index contributed by atoms with van der Waals surface area (Å²) in [4.78, 5) is 45.0. The van der Waals surface area contributed by atoms with Crippen molar-refractivity contribution in [3.63, 3.8) is 0 Å². The highest BCUT2D eigenvalue weighted by Crippen LogP contribution is 2.41. The number of aromatic nitrogens is 9. The summed E-state index contributed by atoms with van der Waals surface area (Å²) >= 11 is 3.43. The molecule has 0 saturated heterocycles. The van der Waals surface area contributed by atoms with Crippen LogP contribution in [-0.4, -0.2) is 44.9 Å². The van der Waals surface area contributed by atoms with Crippen molar-refractivity contribution < 1.29 is 0 Å². The van der Waals surface area contributed by atoms with Gasteiger partial charge in [-0.3, -0.25) is 4.98 Å². The number of rotatable bonds is 12. The van der Waals surface area contributed by atoms with Crippen molar-refractivity contribution in [1.29, 1.82) is 0 Å². The lowest BCUT2D eigenvalue weighted by Gasteiger charge is -2.14. The van der Waals surface area contributed by atoms with Crippen molar-refractivity contribution in [2.24, 2.45) is 0 Å².